The van der Waals surface area contributed by atoms with Gasteiger partial charge in [0.1, 0.15) is 6.33 Å². The minimum Gasteiger partial charge on any atom is -0.267 e. The van der Waals surface area contributed by atoms with Gasteiger partial charge in [0, 0.05) is 4.47 Å². The molecule has 3 N–H and O–H groups in total. The van der Waals surface area contributed by atoms with Crippen molar-refractivity contribution in [3.05, 3.63) is 58.8 Å². The molecule has 1 heterocycles. The molecule has 3 aromatic rings. The van der Waals surface area contributed by atoms with E-state index in [1.165, 1.54) is 29.2 Å². The average molecular weight is 395 g/mol. The number of nitrogens with one attached hydrogen (secondary N) is 1. The quantitative estimate of drug-likeness (QED) is 0.706. The van der Waals surface area contributed by atoms with E-state index in [9.17, 15) is 13.2 Å². The van der Waals surface area contributed by atoms with Crippen molar-refractivity contribution < 1.29 is 13.2 Å². The van der Waals surface area contributed by atoms with Crippen LogP contribution in [0.2, 0.25) is 0 Å². The Bertz CT molecular complexity index is 1010. The third-order valence-electron chi connectivity index (χ3n) is 3.19. The number of halogens is 1. The first-order valence-electron chi connectivity index (χ1n) is 6.42. The van der Waals surface area contributed by atoms with E-state index < -0.39 is 15.9 Å². The molecule has 1 amide bonds. The molecule has 7 nitrogen and oxygen atoms in total. The summed E-state index contributed by atoms with van der Waals surface area (Å²) in [5.41, 5.74) is 4.25. The van der Waals surface area contributed by atoms with Crippen molar-refractivity contribution in [3.63, 3.8) is 0 Å². The molecule has 0 radical (unpaired) electrons. The highest BCUT2D eigenvalue weighted by Gasteiger charge is 2.16. The Balaban J connectivity index is 1.98. The minimum absolute atomic E-state index is 0.138. The van der Waals surface area contributed by atoms with Gasteiger partial charge in [-0.05, 0) is 46.3 Å². The number of primary sulfonamides is 1. The van der Waals surface area contributed by atoms with Crippen LogP contribution in [0.4, 0.5) is 0 Å². The molecule has 2 aromatic carbocycles. The molecule has 23 heavy (non-hydrogen) atoms. The first kappa shape index (κ1) is 15.7. The summed E-state index contributed by atoms with van der Waals surface area (Å²) in [4.78, 5) is 16.5. The van der Waals surface area contributed by atoms with E-state index in [0.29, 0.717) is 4.47 Å². The Morgan fingerprint density at radius 1 is 1.22 bits per heavy atom. The first-order chi connectivity index (χ1) is 10.9. The number of carbonyl (C=O) groups is 1. The van der Waals surface area contributed by atoms with Gasteiger partial charge in [-0.2, -0.15) is 0 Å². The van der Waals surface area contributed by atoms with Crippen molar-refractivity contribution in [2.45, 2.75) is 4.90 Å². The molecular weight excluding hydrogens is 384 g/mol. The molecule has 3 rings (SSSR count). The number of carbonyl (C=O) groups excluding carboxylic acids is 1. The summed E-state index contributed by atoms with van der Waals surface area (Å²) in [6.07, 6.45) is 1.47. The van der Waals surface area contributed by atoms with E-state index in [1.54, 1.807) is 6.07 Å². The second kappa shape index (κ2) is 5.76. The highest BCUT2D eigenvalue weighted by Crippen LogP contribution is 2.21. The van der Waals surface area contributed by atoms with Gasteiger partial charge in [-0.15, -0.1) is 0 Å². The number of para-hydroxylation sites is 2. The van der Waals surface area contributed by atoms with Crippen molar-refractivity contribution in [3.8, 4) is 0 Å². The van der Waals surface area contributed by atoms with Crippen molar-refractivity contribution in [1.29, 1.82) is 0 Å². The number of fused-ring (bicyclic) bond motifs is 1. The zero-order valence-electron chi connectivity index (χ0n) is 11.6. The van der Waals surface area contributed by atoms with Gasteiger partial charge in [-0.25, -0.2) is 23.2 Å². The monoisotopic (exact) mass is 394 g/mol. The summed E-state index contributed by atoms with van der Waals surface area (Å²) in [6.45, 7) is 0. The number of imidazole rings is 1. The Morgan fingerprint density at radius 2 is 1.96 bits per heavy atom. The smallest absolute Gasteiger partial charge is 0.267 e. The van der Waals surface area contributed by atoms with Crippen LogP contribution in [0.5, 0.6) is 0 Å². The van der Waals surface area contributed by atoms with E-state index >= 15 is 0 Å². The van der Waals surface area contributed by atoms with Crippen LogP contribution < -0.4 is 10.6 Å². The van der Waals surface area contributed by atoms with Crippen LogP contribution in [0.15, 0.2) is 58.2 Å². The summed E-state index contributed by atoms with van der Waals surface area (Å²) in [5, 5.41) is 5.10. The van der Waals surface area contributed by atoms with Crippen molar-refractivity contribution in [1.82, 2.24) is 9.66 Å². The minimum atomic E-state index is -3.89. The Hall–Kier alpha value is -2.23. The van der Waals surface area contributed by atoms with Crippen LogP contribution in [-0.2, 0) is 10.0 Å². The number of rotatable bonds is 3. The Morgan fingerprint density at radius 3 is 2.70 bits per heavy atom. The van der Waals surface area contributed by atoms with Crippen LogP contribution in [-0.4, -0.2) is 24.0 Å². The number of nitrogens with zero attached hydrogens (tertiary/aromatic N) is 2. The van der Waals surface area contributed by atoms with E-state index in [2.05, 4.69) is 26.3 Å². The fraction of sp³-hybridized carbons (Fsp3) is 0. The van der Waals surface area contributed by atoms with Gasteiger partial charge in [-0.3, -0.25) is 10.2 Å². The van der Waals surface area contributed by atoms with Crippen LogP contribution in [0, 0.1) is 0 Å². The van der Waals surface area contributed by atoms with E-state index in [1.807, 2.05) is 18.2 Å². The third-order valence-corrected chi connectivity index (χ3v) is 4.79. The second-order valence-corrected chi connectivity index (χ2v) is 7.15. The molecule has 1 aromatic heterocycles. The SMILES string of the molecule is NS(=O)(=O)c1ccc(Br)c(C(=O)Nn2cnc3ccccc32)c1. The molecule has 118 valence electrons. The number of hydrogen-bond acceptors (Lipinski definition) is 4. The lowest BCUT2D eigenvalue weighted by molar-refractivity contribution is 0.101. The molecule has 9 heteroatoms. The maximum Gasteiger partial charge on any atom is 0.271 e. The lowest BCUT2D eigenvalue weighted by Gasteiger charge is -2.09. The molecule has 0 aliphatic heterocycles. The second-order valence-electron chi connectivity index (χ2n) is 4.73. The molecule has 0 spiro atoms. The number of sulfonamides is 1. The van der Waals surface area contributed by atoms with E-state index in [-0.39, 0.29) is 10.5 Å². The van der Waals surface area contributed by atoms with Crippen molar-refractivity contribution in [2.75, 3.05) is 5.43 Å². The summed E-state index contributed by atoms with van der Waals surface area (Å²) >= 11 is 3.23. The highest BCUT2D eigenvalue weighted by molar-refractivity contribution is 9.10. The number of aromatic nitrogens is 2. The van der Waals surface area contributed by atoms with Gasteiger partial charge in [0.15, 0.2) is 0 Å². The normalized spacial score (nSPS) is 11.6. The fourth-order valence-corrected chi connectivity index (χ4v) is 3.04. The van der Waals surface area contributed by atoms with Gasteiger partial charge in [0.2, 0.25) is 10.0 Å². The number of nitrogens with two attached hydrogens (primary N) is 1. The Labute approximate surface area is 140 Å². The largest absolute Gasteiger partial charge is 0.271 e. The van der Waals surface area contributed by atoms with Crippen molar-refractivity contribution in [2.24, 2.45) is 5.14 Å². The zero-order chi connectivity index (χ0) is 16.6. The maximum atomic E-state index is 12.4. The van der Waals surface area contributed by atoms with Gasteiger partial charge in [0.05, 0.1) is 21.5 Å². The van der Waals surface area contributed by atoms with Gasteiger partial charge >= 0.3 is 0 Å². The zero-order valence-corrected chi connectivity index (χ0v) is 14.0. The Kier molecular flexibility index (Phi) is 3.92. The fourth-order valence-electron chi connectivity index (χ4n) is 2.07. The third kappa shape index (κ3) is 3.11. The van der Waals surface area contributed by atoms with Crippen LogP contribution in [0.25, 0.3) is 11.0 Å². The van der Waals surface area contributed by atoms with Crippen LogP contribution >= 0.6 is 15.9 Å². The summed E-state index contributed by atoms with van der Waals surface area (Å²) in [7, 11) is -3.89. The summed E-state index contributed by atoms with van der Waals surface area (Å²) in [5.74, 6) is -0.495. The highest BCUT2D eigenvalue weighted by atomic mass is 79.9. The van der Waals surface area contributed by atoms with Gasteiger partial charge in [-0.1, -0.05) is 12.1 Å². The van der Waals surface area contributed by atoms with E-state index in [4.69, 9.17) is 5.14 Å². The molecule has 0 fully saturated rings. The summed E-state index contributed by atoms with van der Waals surface area (Å²) in [6, 6.07) is 11.3. The molecule has 0 aliphatic rings. The average Bonchev–Trinajstić information content (AvgIpc) is 2.90. The number of hydrogen-bond donors (Lipinski definition) is 2. The molecule has 0 aliphatic carbocycles. The van der Waals surface area contributed by atoms with Crippen LogP contribution in [0.1, 0.15) is 10.4 Å². The van der Waals surface area contributed by atoms with Gasteiger partial charge < -0.3 is 0 Å². The lowest BCUT2D eigenvalue weighted by Crippen LogP contribution is -2.23. The van der Waals surface area contributed by atoms with Gasteiger partial charge in [0.25, 0.3) is 5.91 Å². The number of benzene rings is 2. The molecule has 0 saturated heterocycles. The lowest BCUT2D eigenvalue weighted by atomic mass is 10.2. The molecular formula is C14H11BrN4O3S. The molecule has 0 bridgehead atoms. The maximum absolute atomic E-state index is 12.4. The topological polar surface area (TPSA) is 107 Å². The van der Waals surface area contributed by atoms with Crippen LogP contribution in [0.3, 0.4) is 0 Å². The van der Waals surface area contributed by atoms with E-state index in [0.717, 1.165) is 11.0 Å². The summed E-state index contributed by atoms with van der Waals surface area (Å²) < 4.78 is 24.8. The number of amides is 1. The molecule has 0 unspecified atom stereocenters. The predicted octanol–water partition coefficient (Wildman–Crippen LogP) is 1.83. The predicted molar refractivity (Wildman–Crippen MR) is 88.9 cm³/mol. The molecule has 0 saturated carbocycles. The van der Waals surface area contributed by atoms with Crippen molar-refractivity contribution >= 4 is 42.9 Å². The first-order valence-corrected chi connectivity index (χ1v) is 8.76. The standard InChI is InChI=1S/C14H11BrN4O3S/c15-11-6-5-9(23(16,21)22)7-10(11)14(20)18-19-8-17-12-3-1-2-4-13(12)19/h1-8H,(H,18,20)(H2,16,21,22). The molecule has 0 atom stereocenters.